The Kier molecular flexibility index (Phi) is 4.67. The molecule has 2 rings (SSSR count). The van der Waals surface area contributed by atoms with Gasteiger partial charge in [-0.1, -0.05) is 26.7 Å². The summed E-state index contributed by atoms with van der Waals surface area (Å²) >= 11 is 0. The fourth-order valence-electron chi connectivity index (χ4n) is 3.85. The molecule has 1 fully saturated rings. The Balaban J connectivity index is 1.96. The third-order valence-corrected chi connectivity index (χ3v) is 4.80. The first-order chi connectivity index (χ1) is 9.03. The standard InChI is InChI=1S/C16H29N3/c1-13(2)12-16(8-4-5-9-16)14(17)6-7-15-18-10-11-19(15)3/h10-11,13-14H,4-9,12,17H2,1-3H3. The molecule has 0 saturated heterocycles. The second-order valence-corrected chi connectivity index (χ2v) is 6.77. The van der Waals surface area contributed by atoms with Gasteiger partial charge in [-0.25, -0.2) is 4.98 Å². The third-order valence-electron chi connectivity index (χ3n) is 4.80. The molecule has 3 nitrogen and oxygen atoms in total. The molecule has 1 atom stereocenters. The van der Waals surface area contributed by atoms with Crippen LogP contribution in [0.1, 0.15) is 58.2 Å². The highest BCUT2D eigenvalue weighted by Crippen LogP contribution is 2.46. The Hall–Kier alpha value is -0.830. The molecule has 0 radical (unpaired) electrons. The molecule has 1 saturated carbocycles. The second kappa shape index (κ2) is 6.08. The SMILES string of the molecule is CC(C)CC1(C(N)CCc2nccn2C)CCCC1. The van der Waals surface area contributed by atoms with Gasteiger partial charge in [-0.05, 0) is 37.0 Å². The van der Waals surface area contributed by atoms with Crippen LogP contribution >= 0.6 is 0 Å². The van der Waals surface area contributed by atoms with Gasteiger partial charge in [-0.2, -0.15) is 0 Å². The molecular weight excluding hydrogens is 234 g/mol. The highest BCUT2D eigenvalue weighted by molar-refractivity contribution is 4.97. The molecular formula is C16H29N3. The van der Waals surface area contributed by atoms with E-state index in [-0.39, 0.29) is 0 Å². The van der Waals surface area contributed by atoms with Gasteiger partial charge in [0.25, 0.3) is 0 Å². The average molecular weight is 263 g/mol. The predicted octanol–water partition coefficient (Wildman–Crippen LogP) is 3.29. The zero-order valence-electron chi connectivity index (χ0n) is 12.7. The maximum Gasteiger partial charge on any atom is 0.108 e. The number of hydrogen-bond donors (Lipinski definition) is 1. The summed E-state index contributed by atoms with van der Waals surface area (Å²) in [5, 5.41) is 0. The van der Waals surface area contributed by atoms with Crippen LogP contribution in [0.4, 0.5) is 0 Å². The quantitative estimate of drug-likeness (QED) is 0.856. The van der Waals surface area contributed by atoms with Gasteiger partial charge in [-0.3, -0.25) is 0 Å². The molecule has 2 N–H and O–H groups in total. The zero-order valence-corrected chi connectivity index (χ0v) is 12.7. The first kappa shape index (κ1) is 14.6. The van der Waals surface area contributed by atoms with Gasteiger partial charge in [0.15, 0.2) is 0 Å². The predicted molar refractivity (Wildman–Crippen MR) is 79.9 cm³/mol. The van der Waals surface area contributed by atoms with Gasteiger partial charge in [-0.15, -0.1) is 0 Å². The minimum atomic E-state index is 0.328. The minimum Gasteiger partial charge on any atom is -0.338 e. The molecule has 1 aliphatic carbocycles. The number of aromatic nitrogens is 2. The molecule has 1 aromatic rings. The van der Waals surface area contributed by atoms with E-state index in [0.29, 0.717) is 11.5 Å². The van der Waals surface area contributed by atoms with Crippen LogP contribution in [-0.4, -0.2) is 15.6 Å². The van der Waals surface area contributed by atoms with E-state index in [0.717, 1.165) is 24.6 Å². The van der Waals surface area contributed by atoms with Gasteiger partial charge in [0, 0.05) is 31.9 Å². The van der Waals surface area contributed by atoms with Crippen molar-refractivity contribution in [3.8, 4) is 0 Å². The fraction of sp³-hybridized carbons (Fsp3) is 0.812. The summed E-state index contributed by atoms with van der Waals surface area (Å²) in [6.07, 6.45) is 12.6. The molecule has 0 amide bonds. The van der Waals surface area contributed by atoms with Crippen LogP contribution in [0, 0.1) is 11.3 Å². The summed E-state index contributed by atoms with van der Waals surface area (Å²) in [6.45, 7) is 4.65. The van der Waals surface area contributed by atoms with Gasteiger partial charge >= 0.3 is 0 Å². The maximum absolute atomic E-state index is 6.59. The van der Waals surface area contributed by atoms with E-state index in [1.807, 2.05) is 12.4 Å². The molecule has 19 heavy (non-hydrogen) atoms. The first-order valence-corrected chi connectivity index (χ1v) is 7.75. The maximum atomic E-state index is 6.59. The van der Waals surface area contributed by atoms with Gasteiger partial charge in [0.1, 0.15) is 5.82 Å². The lowest BCUT2D eigenvalue weighted by atomic mass is 9.71. The number of imidazole rings is 1. The van der Waals surface area contributed by atoms with Crippen molar-refractivity contribution in [2.75, 3.05) is 0 Å². The second-order valence-electron chi connectivity index (χ2n) is 6.77. The summed E-state index contributed by atoms with van der Waals surface area (Å²) in [5.74, 6) is 1.91. The van der Waals surface area contributed by atoms with Crippen molar-refractivity contribution in [2.24, 2.45) is 24.1 Å². The summed E-state index contributed by atoms with van der Waals surface area (Å²) in [7, 11) is 2.06. The van der Waals surface area contributed by atoms with Crippen LogP contribution in [0.5, 0.6) is 0 Å². The van der Waals surface area contributed by atoms with Crippen molar-refractivity contribution in [3.05, 3.63) is 18.2 Å². The molecule has 1 aliphatic rings. The van der Waals surface area contributed by atoms with E-state index in [9.17, 15) is 0 Å². The summed E-state index contributed by atoms with van der Waals surface area (Å²) in [5.41, 5.74) is 6.99. The molecule has 1 unspecified atom stereocenters. The molecule has 1 aromatic heterocycles. The minimum absolute atomic E-state index is 0.328. The third kappa shape index (κ3) is 3.38. The molecule has 108 valence electrons. The van der Waals surface area contributed by atoms with Crippen molar-refractivity contribution in [3.63, 3.8) is 0 Å². The lowest BCUT2D eigenvalue weighted by Gasteiger charge is -2.37. The van der Waals surface area contributed by atoms with Gasteiger partial charge < -0.3 is 10.3 Å². The molecule has 0 aromatic carbocycles. The van der Waals surface area contributed by atoms with Gasteiger partial charge in [0.2, 0.25) is 0 Å². The van der Waals surface area contributed by atoms with Crippen LogP contribution in [0.2, 0.25) is 0 Å². The van der Waals surface area contributed by atoms with E-state index in [1.165, 1.54) is 32.1 Å². The number of aryl methyl sites for hydroxylation is 2. The van der Waals surface area contributed by atoms with E-state index < -0.39 is 0 Å². The van der Waals surface area contributed by atoms with E-state index in [4.69, 9.17) is 5.73 Å². The fourth-order valence-corrected chi connectivity index (χ4v) is 3.85. The Bertz CT molecular complexity index is 388. The van der Waals surface area contributed by atoms with Crippen LogP contribution in [0.15, 0.2) is 12.4 Å². The topological polar surface area (TPSA) is 43.8 Å². The highest BCUT2D eigenvalue weighted by Gasteiger charge is 2.39. The van der Waals surface area contributed by atoms with Crippen molar-refractivity contribution < 1.29 is 0 Å². The molecule has 0 bridgehead atoms. The van der Waals surface area contributed by atoms with E-state index in [1.54, 1.807) is 0 Å². The average Bonchev–Trinajstić information content (AvgIpc) is 2.96. The van der Waals surface area contributed by atoms with Crippen LogP contribution < -0.4 is 5.73 Å². The molecule has 3 heteroatoms. The van der Waals surface area contributed by atoms with Crippen LogP contribution in [0.25, 0.3) is 0 Å². The zero-order chi connectivity index (χ0) is 13.9. The smallest absolute Gasteiger partial charge is 0.108 e. The summed E-state index contributed by atoms with van der Waals surface area (Å²) in [6, 6.07) is 0.328. The van der Waals surface area contributed by atoms with E-state index in [2.05, 4.69) is 30.4 Å². The monoisotopic (exact) mass is 263 g/mol. The van der Waals surface area contributed by atoms with Crippen LogP contribution in [-0.2, 0) is 13.5 Å². The molecule has 0 spiro atoms. The summed E-state index contributed by atoms with van der Waals surface area (Å²) in [4.78, 5) is 4.41. The molecule has 0 aliphatic heterocycles. The van der Waals surface area contributed by atoms with E-state index >= 15 is 0 Å². The van der Waals surface area contributed by atoms with Crippen molar-refractivity contribution in [1.82, 2.24) is 9.55 Å². The number of nitrogens with two attached hydrogens (primary N) is 1. The van der Waals surface area contributed by atoms with Crippen molar-refractivity contribution >= 4 is 0 Å². The Morgan fingerprint density at radius 3 is 2.58 bits per heavy atom. The number of nitrogens with zero attached hydrogens (tertiary/aromatic N) is 2. The largest absolute Gasteiger partial charge is 0.338 e. The lowest BCUT2D eigenvalue weighted by Crippen LogP contribution is -2.41. The Morgan fingerprint density at radius 1 is 1.37 bits per heavy atom. The van der Waals surface area contributed by atoms with Gasteiger partial charge in [0.05, 0.1) is 0 Å². The summed E-state index contributed by atoms with van der Waals surface area (Å²) < 4.78 is 2.11. The van der Waals surface area contributed by atoms with Crippen LogP contribution in [0.3, 0.4) is 0 Å². The lowest BCUT2D eigenvalue weighted by molar-refractivity contribution is 0.175. The normalized spacial score (nSPS) is 20.1. The van der Waals surface area contributed by atoms with Crippen molar-refractivity contribution in [2.45, 2.75) is 64.8 Å². The number of rotatable bonds is 6. The highest BCUT2D eigenvalue weighted by atomic mass is 15.0. The Morgan fingerprint density at radius 2 is 2.05 bits per heavy atom. The molecule has 1 heterocycles. The Labute approximate surface area is 117 Å². The van der Waals surface area contributed by atoms with Crippen molar-refractivity contribution in [1.29, 1.82) is 0 Å². The number of hydrogen-bond acceptors (Lipinski definition) is 2. The first-order valence-electron chi connectivity index (χ1n) is 7.75.